The van der Waals surface area contributed by atoms with Crippen molar-refractivity contribution in [1.29, 1.82) is 0 Å². The van der Waals surface area contributed by atoms with Crippen LogP contribution in [0.2, 0.25) is 0 Å². The minimum atomic E-state index is -0.0809. The zero-order valence-corrected chi connectivity index (χ0v) is 11.3. The first-order valence-corrected chi connectivity index (χ1v) is 6.30. The van der Waals surface area contributed by atoms with Gasteiger partial charge in [0.15, 0.2) is 5.82 Å². The summed E-state index contributed by atoms with van der Waals surface area (Å²) < 4.78 is 6.47. The van der Waals surface area contributed by atoms with Crippen molar-refractivity contribution in [3.05, 3.63) is 29.8 Å². The molecule has 0 spiro atoms. The van der Waals surface area contributed by atoms with E-state index in [4.69, 9.17) is 4.74 Å². The van der Waals surface area contributed by atoms with Gasteiger partial charge in [-0.3, -0.25) is 4.79 Å². The maximum absolute atomic E-state index is 12.2. The number of fused-ring (bicyclic) bond motifs is 1. The second-order valence-corrected chi connectivity index (χ2v) is 4.71. The SMILES string of the molecule is COCC1=Nc2nnc(-c3ccc(C)cc3)n2C(=O)C1. The molecule has 0 bridgehead atoms. The molecule has 1 aliphatic heterocycles. The van der Waals surface area contributed by atoms with Gasteiger partial charge in [-0.25, -0.2) is 9.56 Å². The number of carbonyl (C=O) groups excluding carboxylic acids is 1. The predicted octanol–water partition coefficient (Wildman–Crippen LogP) is 2.02. The van der Waals surface area contributed by atoms with E-state index in [0.29, 0.717) is 24.1 Å². The second kappa shape index (κ2) is 4.97. The quantitative estimate of drug-likeness (QED) is 0.855. The monoisotopic (exact) mass is 270 g/mol. The molecule has 1 aromatic carbocycles. The molecule has 0 atom stereocenters. The largest absolute Gasteiger partial charge is 0.379 e. The summed E-state index contributed by atoms with van der Waals surface area (Å²) in [5, 5.41) is 8.07. The fourth-order valence-electron chi connectivity index (χ4n) is 2.15. The highest BCUT2D eigenvalue weighted by molar-refractivity contribution is 6.07. The normalized spacial score (nSPS) is 14.1. The Morgan fingerprint density at radius 2 is 2.00 bits per heavy atom. The van der Waals surface area contributed by atoms with Crippen molar-refractivity contribution in [2.24, 2.45) is 4.99 Å². The van der Waals surface area contributed by atoms with Crippen LogP contribution in [-0.2, 0) is 4.74 Å². The minimum absolute atomic E-state index is 0.0809. The molecule has 3 rings (SSSR count). The maximum Gasteiger partial charge on any atom is 0.258 e. The third kappa shape index (κ3) is 2.14. The first-order chi connectivity index (χ1) is 9.69. The van der Waals surface area contributed by atoms with Crippen LogP contribution < -0.4 is 0 Å². The van der Waals surface area contributed by atoms with Crippen LogP contribution in [0.25, 0.3) is 11.4 Å². The molecule has 6 heteroatoms. The van der Waals surface area contributed by atoms with Crippen molar-refractivity contribution in [3.63, 3.8) is 0 Å². The van der Waals surface area contributed by atoms with Gasteiger partial charge in [-0.05, 0) is 6.92 Å². The molecule has 1 aliphatic rings. The van der Waals surface area contributed by atoms with Crippen molar-refractivity contribution >= 4 is 17.6 Å². The zero-order chi connectivity index (χ0) is 14.1. The fourth-order valence-corrected chi connectivity index (χ4v) is 2.15. The van der Waals surface area contributed by atoms with Gasteiger partial charge in [0.05, 0.1) is 18.7 Å². The molecular formula is C14H14N4O2. The highest BCUT2D eigenvalue weighted by atomic mass is 16.5. The fraction of sp³-hybridized carbons (Fsp3) is 0.286. The predicted molar refractivity (Wildman–Crippen MR) is 74.4 cm³/mol. The molecule has 0 saturated heterocycles. The molecule has 6 nitrogen and oxygen atoms in total. The maximum atomic E-state index is 12.2. The summed E-state index contributed by atoms with van der Waals surface area (Å²) in [6, 6.07) is 7.80. The van der Waals surface area contributed by atoms with Crippen LogP contribution in [0.1, 0.15) is 16.8 Å². The Hall–Kier alpha value is -2.34. The number of nitrogens with zero attached hydrogens (tertiary/aromatic N) is 4. The molecule has 0 fully saturated rings. The highest BCUT2D eigenvalue weighted by Crippen LogP contribution is 2.25. The second-order valence-electron chi connectivity index (χ2n) is 4.71. The third-order valence-corrected chi connectivity index (χ3v) is 3.13. The highest BCUT2D eigenvalue weighted by Gasteiger charge is 2.25. The number of aryl methyl sites for hydroxylation is 1. The Morgan fingerprint density at radius 1 is 1.25 bits per heavy atom. The van der Waals surface area contributed by atoms with Crippen molar-refractivity contribution in [3.8, 4) is 11.4 Å². The Labute approximate surface area is 116 Å². The van der Waals surface area contributed by atoms with E-state index in [-0.39, 0.29) is 12.3 Å². The number of carbonyl (C=O) groups is 1. The molecule has 0 amide bonds. The molecule has 0 unspecified atom stereocenters. The van der Waals surface area contributed by atoms with Crippen LogP contribution in [0.4, 0.5) is 5.95 Å². The number of aliphatic imine (C=N–C) groups is 1. The van der Waals surface area contributed by atoms with Gasteiger partial charge < -0.3 is 4.74 Å². The van der Waals surface area contributed by atoms with E-state index >= 15 is 0 Å². The summed E-state index contributed by atoms with van der Waals surface area (Å²) in [5.74, 6) is 0.775. The van der Waals surface area contributed by atoms with E-state index in [2.05, 4.69) is 15.2 Å². The number of hydrogen-bond acceptors (Lipinski definition) is 5. The molecule has 2 heterocycles. The lowest BCUT2D eigenvalue weighted by Gasteiger charge is -2.13. The first kappa shape index (κ1) is 12.7. The zero-order valence-electron chi connectivity index (χ0n) is 11.3. The molecule has 1 aromatic heterocycles. The van der Waals surface area contributed by atoms with Gasteiger partial charge in [0.2, 0.25) is 5.91 Å². The number of methoxy groups -OCH3 is 1. The lowest BCUT2D eigenvalue weighted by Crippen LogP contribution is -2.23. The number of ether oxygens (including phenoxy) is 1. The molecular weight excluding hydrogens is 256 g/mol. The van der Waals surface area contributed by atoms with E-state index in [9.17, 15) is 4.79 Å². The topological polar surface area (TPSA) is 69.4 Å². The molecule has 0 radical (unpaired) electrons. The van der Waals surface area contributed by atoms with Crippen molar-refractivity contribution in [1.82, 2.24) is 14.8 Å². The Kier molecular flexibility index (Phi) is 3.15. The number of aromatic nitrogens is 3. The lowest BCUT2D eigenvalue weighted by molar-refractivity contribution is 0.0920. The van der Waals surface area contributed by atoms with Crippen LogP contribution in [0, 0.1) is 6.92 Å². The van der Waals surface area contributed by atoms with Crippen LogP contribution in [0.15, 0.2) is 29.3 Å². The summed E-state index contributed by atoms with van der Waals surface area (Å²) in [6.07, 6.45) is 0.234. The lowest BCUT2D eigenvalue weighted by atomic mass is 10.1. The standard InChI is InChI=1S/C14H14N4O2/c1-9-3-5-10(6-4-9)13-16-17-14-15-11(8-20-2)7-12(19)18(13)14/h3-6H,7-8H2,1-2H3. The Balaban J connectivity index is 2.05. The smallest absolute Gasteiger partial charge is 0.258 e. The third-order valence-electron chi connectivity index (χ3n) is 3.13. The Bertz CT molecular complexity index is 686. The average Bonchev–Trinajstić information content (AvgIpc) is 2.84. The van der Waals surface area contributed by atoms with Gasteiger partial charge in [0.1, 0.15) is 0 Å². The molecule has 20 heavy (non-hydrogen) atoms. The van der Waals surface area contributed by atoms with Crippen LogP contribution in [-0.4, -0.2) is 40.1 Å². The molecule has 2 aromatic rings. The Morgan fingerprint density at radius 3 is 2.70 bits per heavy atom. The number of benzene rings is 1. The number of hydrogen-bond donors (Lipinski definition) is 0. The van der Waals surface area contributed by atoms with Gasteiger partial charge in [-0.1, -0.05) is 29.8 Å². The molecule has 0 saturated carbocycles. The molecule has 0 aliphatic carbocycles. The minimum Gasteiger partial charge on any atom is -0.379 e. The molecule has 0 N–H and O–H groups in total. The van der Waals surface area contributed by atoms with E-state index in [1.165, 1.54) is 4.57 Å². The van der Waals surface area contributed by atoms with Gasteiger partial charge in [-0.2, -0.15) is 0 Å². The average molecular weight is 270 g/mol. The van der Waals surface area contributed by atoms with Crippen LogP contribution >= 0.6 is 0 Å². The van der Waals surface area contributed by atoms with Gasteiger partial charge in [-0.15, -0.1) is 10.2 Å². The summed E-state index contributed by atoms with van der Waals surface area (Å²) in [4.78, 5) is 16.5. The summed E-state index contributed by atoms with van der Waals surface area (Å²) in [7, 11) is 1.57. The van der Waals surface area contributed by atoms with E-state index in [1.54, 1.807) is 7.11 Å². The van der Waals surface area contributed by atoms with Gasteiger partial charge in [0.25, 0.3) is 5.95 Å². The van der Waals surface area contributed by atoms with Crippen LogP contribution in [0.5, 0.6) is 0 Å². The van der Waals surface area contributed by atoms with E-state index < -0.39 is 0 Å². The number of rotatable bonds is 3. The summed E-state index contributed by atoms with van der Waals surface area (Å²) in [6.45, 7) is 2.34. The van der Waals surface area contributed by atoms with Gasteiger partial charge >= 0.3 is 0 Å². The first-order valence-electron chi connectivity index (χ1n) is 6.30. The van der Waals surface area contributed by atoms with Crippen LogP contribution in [0.3, 0.4) is 0 Å². The van der Waals surface area contributed by atoms with Crippen molar-refractivity contribution in [2.75, 3.05) is 13.7 Å². The van der Waals surface area contributed by atoms with E-state index in [0.717, 1.165) is 11.1 Å². The van der Waals surface area contributed by atoms with E-state index in [1.807, 2.05) is 31.2 Å². The van der Waals surface area contributed by atoms with Crippen molar-refractivity contribution < 1.29 is 9.53 Å². The van der Waals surface area contributed by atoms with Crippen molar-refractivity contribution in [2.45, 2.75) is 13.3 Å². The van der Waals surface area contributed by atoms with Gasteiger partial charge in [0, 0.05) is 12.7 Å². The summed E-state index contributed by atoms with van der Waals surface area (Å²) in [5.41, 5.74) is 2.68. The summed E-state index contributed by atoms with van der Waals surface area (Å²) >= 11 is 0. The molecule has 102 valence electrons.